The quantitative estimate of drug-likeness (QED) is 0.464. The zero-order valence-electron chi connectivity index (χ0n) is 23.6. The van der Waals surface area contributed by atoms with Crippen molar-refractivity contribution in [3.63, 3.8) is 0 Å². The van der Waals surface area contributed by atoms with E-state index in [2.05, 4.69) is 5.32 Å². The van der Waals surface area contributed by atoms with Crippen molar-refractivity contribution < 1.29 is 19.5 Å². The molecule has 2 aliphatic heterocycles. The van der Waals surface area contributed by atoms with Gasteiger partial charge in [-0.15, -0.1) is 0 Å². The molecule has 0 aliphatic carbocycles. The van der Waals surface area contributed by atoms with E-state index in [-0.39, 0.29) is 43.1 Å². The second-order valence-electron chi connectivity index (χ2n) is 10.8. The normalized spacial score (nSPS) is 19.2. The summed E-state index contributed by atoms with van der Waals surface area (Å²) in [5, 5.41) is 15.9. The summed E-state index contributed by atoms with van der Waals surface area (Å²) < 4.78 is 0. The monoisotopic (exact) mass is 556 g/mol. The third kappa shape index (κ3) is 6.12. The Labute approximate surface area is 240 Å². The molecule has 214 valence electrons. The number of benzene rings is 3. The molecule has 2 heterocycles. The topological polar surface area (TPSA) is 99.7 Å². The average Bonchev–Trinajstić information content (AvgIpc) is 2.95. The minimum Gasteiger partial charge on any atom is -0.508 e. The van der Waals surface area contributed by atoms with Crippen LogP contribution in [0, 0.1) is 0 Å². The molecule has 2 atom stereocenters. The fourth-order valence-electron chi connectivity index (χ4n) is 5.51. The summed E-state index contributed by atoms with van der Waals surface area (Å²) in [4.78, 5) is 46.4. The number of hydrazine groups is 1. The molecule has 2 N–H and O–H groups in total. The smallest absolute Gasteiger partial charge is 0.334 e. The maximum atomic E-state index is 14.0. The van der Waals surface area contributed by atoms with Crippen molar-refractivity contribution in [2.24, 2.45) is 0 Å². The Morgan fingerprint density at radius 3 is 2.37 bits per heavy atom. The third-order valence-electron chi connectivity index (χ3n) is 7.60. The number of phenolic OH excluding ortho intramolecular Hbond substituents is 1. The van der Waals surface area contributed by atoms with Crippen LogP contribution in [0.1, 0.15) is 16.7 Å². The SMILES string of the molecule is CN(C)c1cccc(CN2CC3N(C(=O)CN(C)N3C(=O)NCc3ccccc3)[C@@H](Cc3ccc(O)cc3)C2=O)c1. The van der Waals surface area contributed by atoms with Crippen LogP contribution in [0.5, 0.6) is 5.75 Å². The number of aromatic hydroxyl groups is 1. The van der Waals surface area contributed by atoms with Crippen LogP contribution in [-0.2, 0) is 29.1 Å². The van der Waals surface area contributed by atoms with Gasteiger partial charge in [0.05, 0.1) is 13.1 Å². The van der Waals surface area contributed by atoms with Crippen LogP contribution >= 0.6 is 0 Å². The van der Waals surface area contributed by atoms with Crippen molar-refractivity contribution in [1.29, 1.82) is 0 Å². The molecule has 41 heavy (non-hydrogen) atoms. The van der Waals surface area contributed by atoms with E-state index < -0.39 is 12.2 Å². The van der Waals surface area contributed by atoms with Crippen molar-refractivity contribution in [2.75, 3.05) is 39.1 Å². The van der Waals surface area contributed by atoms with E-state index in [1.807, 2.05) is 73.6 Å². The van der Waals surface area contributed by atoms with Gasteiger partial charge in [-0.1, -0.05) is 54.6 Å². The molecular weight excluding hydrogens is 520 g/mol. The Bertz CT molecular complexity index is 1400. The number of phenols is 1. The van der Waals surface area contributed by atoms with Crippen LogP contribution in [0.2, 0.25) is 0 Å². The van der Waals surface area contributed by atoms with Gasteiger partial charge in [-0.05, 0) is 41.0 Å². The standard InChI is InChI=1S/C31H36N6O4/c1-33(2)25-11-7-10-24(16-25)19-35-20-28-36(27(30(35)40)17-22-12-14-26(38)15-13-22)29(39)21-34(3)37(28)31(41)32-18-23-8-5-4-6-9-23/h4-16,27-28,38H,17-21H2,1-3H3,(H,32,41)/t27-,28?/m0/s1. The number of carbonyl (C=O) groups excluding carboxylic acids is 3. The molecule has 3 aromatic carbocycles. The number of nitrogens with one attached hydrogen (secondary N) is 1. The molecule has 0 aromatic heterocycles. The van der Waals surface area contributed by atoms with E-state index >= 15 is 0 Å². The Morgan fingerprint density at radius 2 is 1.66 bits per heavy atom. The molecule has 10 nitrogen and oxygen atoms in total. The number of rotatable bonds is 7. The molecule has 3 aromatic rings. The lowest BCUT2D eigenvalue weighted by atomic mass is 9.98. The highest BCUT2D eigenvalue weighted by Crippen LogP contribution is 2.29. The fraction of sp³-hybridized carbons (Fsp3) is 0.323. The highest BCUT2D eigenvalue weighted by atomic mass is 16.3. The first kappa shape index (κ1) is 28.0. The minimum absolute atomic E-state index is 0.0283. The number of hydrogen-bond acceptors (Lipinski definition) is 6. The van der Waals surface area contributed by atoms with E-state index in [9.17, 15) is 19.5 Å². The highest BCUT2D eigenvalue weighted by Gasteiger charge is 2.50. The summed E-state index contributed by atoms with van der Waals surface area (Å²) in [6.07, 6.45) is -0.424. The number of likely N-dealkylation sites (N-methyl/N-ethyl adjacent to an activating group) is 1. The molecule has 0 radical (unpaired) electrons. The van der Waals surface area contributed by atoms with Crippen LogP contribution in [0.25, 0.3) is 0 Å². The van der Waals surface area contributed by atoms with Crippen LogP contribution in [-0.4, -0.2) is 89.2 Å². The van der Waals surface area contributed by atoms with Crippen molar-refractivity contribution in [1.82, 2.24) is 25.1 Å². The Morgan fingerprint density at radius 1 is 0.951 bits per heavy atom. The Hall–Kier alpha value is -4.57. The lowest BCUT2D eigenvalue weighted by Gasteiger charge is -2.54. The van der Waals surface area contributed by atoms with Gasteiger partial charge >= 0.3 is 6.03 Å². The number of fused-ring (bicyclic) bond motifs is 1. The van der Waals surface area contributed by atoms with Gasteiger partial charge in [0.15, 0.2) is 0 Å². The zero-order valence-corrected chi connectivity index (χ0v) is 23.6. The predicted octanol–water partition coefficient (Wildman–Crippen LogP) is 2.64. The van der Waals surface area contributed by atoms with E-state index in [0.717, 1.165) is 22.4 Å². The number of urea groups is 1. The average molecular weight is 557 g/mol. The van der Waals surface area contributed by atoms with E-state index in [1.54, 1.807) is 51.1 Å². The van der Waals surface area contributed by atoms with Crippen molar-refractivity contribution >= 4 is 23.5 Å². The second kappa shape index (κ2) is 11.9. The van der Waals surface area contributed by atoms with E-state index in [0.29, 0.717) is 13.1 Å². The largest absolute Gasteiger partial charge is 0.508 e. The fourth-order valence-corrected chi connectivity index (χ4v) is 5.51. The van der Waals surface area contributed by atoms with Crippen molar-refractivity contribution in [3.05, 3.63) is 95.6 Å². The van der Waals surface area contributed by atoms with Crippen LogP contribution in [0.3, 0.4) is 0 Å². The summed E-state index contributed by atoms with van der Waals surface area (Å²) in [6.45, 7) is 0.821. The Balaban J connectivity index is 1.46. The molecular formula is C31H36N6O4. The van der Waals surface area contributed by atoms with Crippen LogP contribution < -0.4 is 10.2 Å². The predicted molar refractivity (Wildman–Crippen MR) is 156 cm³/mol. The summed E-state index contributed by atoms with van der Waals surface area (Å²) in [7, 11) is 5.64. The molecule has 2 aliphatic rings. The molecule has 1 unspecified atom stereocenters. The lowest BCUT2D eigenvalue weighted by molar-refractivity contribution is -0.187. The van der Waals surface area contributed by atoms with Crippen LogP contribution in [0.15, 0.2) is 78.9 Å². The maximum absolute atomic E-state index is 14.0. The highest BCUT2D eigenvalue weighted by molar-refractivity contribution is 5.91. The number of nitrogens with zero attached hydrogens (tertiary/aromatic N) is 5. The summed E-state index contributed by atoms with van der Waals surface area (Å²) in [5.41, 5.74) is 3.74. The maximum Gasteiger partial charge on any atom is 0.334 e. The summed E-state index contributed by atoms with van der Waals surface area (Å²) in [6, 6.07) is 23.1. The van der Waals surface area contributed by atoms with E-state index in [4.69, 9.17) is 0 Å². The van der Waals surface area contributed by atoms with Crippen molar-refractivity contribution in [3.8, 4) is 5.75 Å². The van der Waals surface area contributed by atoms with Crippen molar-refractivity contribution in [2.45, 2.75) is 31.7 Å². The molecule has 0 spiro atoms. The van der Waals surface area contributed by atoms with Gasteiger partial charge in [0, 0.05) is 46.3 Å². The molecule has 2 saturated heterocycles. The Kier molecular flexibility index (Phi) is 8.11. The van der Waals surface area contributed by atoms with Gasteiger partial charge in [0.25, 0.3) is 0 Å². The van der Waals surface area contributed by atoms with Gasteiger partial charge in [0.2, 0.25) is 11.8 Å². The number of hydrogen-bond donors (Lipinski definition) is 2. The minimum atomic E-state index is -0.805. The van der Waals surface area contributed by atoms with E-state index in [1.165, 1.54) is 0 Å². The van der Waals surface area contributed by atoms with Gasteiger partial charge in [-0.25, -0.2) is 14.8 Å². The lowest BCUT2D eigenvalue weighted by Crippen LogP contribution is -2.76. The number of piperazine rings is 1. The first-order chi connectivity index (χ1) is 19.7. The molecule has 5 rings (SSSR count). The summed E-state index contributed by atoms with van der Waals surface area (Å²) >= 11 is 0. The molecule has 10 heteroatoms. The first-order valence-corrected chi connectivity index (χ1v) is 13.7. The van der Waals surface area contributed by atoms with Gasteiger partial charge < -0.3 is 25.1 Å². The number of amides is 4. The van der Waals surface area contributed by atoms with Gasteiger partial charge in [0.1, 0.15) is 18.0 Å². The molecule has 0 bridgehead atoms. The van der Waals surface area contributed by atoms with Crippen LogP contribution in [0.4, 0.5) is 10.5 Å². The van der Waals surface area contributed by atoms with Gasteiger partial charge in [-0.3, -0.25) is 9.59 Å². The molecule has 2 fully saturated rings. The third-order valence-corrected chi connectivity index (χ3v) is 7.60. The zero-order chi connectivity index (χ0) is 29.1. The first-order valence-electron chi connectivity index (χ1n) is 13.7. The second-order valence-corrected chi connectivity index (χ2v) is 10.8. The number of carbonyl (C=O) groups is 3. The molecule has 0 saturated carbocycles. The van der Waals surface area contributed by atoms with Gasteiger partial charge in [-0.2, -0.15) is 0 Å². The molecule has 4 amide bonds. The number of anilines is 1. The summed E-state index contributed by atoms with van der Waals surface area (Å²) in [5.74, 6) is -0.260.